The minimum absolute atomic E-state index is 0.388. The van der Waals surface area contributed by atoms with Gasteiger partial charge in [0.2, 0.25) is 0 Å². The first-order valence-electron chi connectivity index (χ1n) is 4.80. The first-order valence-corrected chi connectivity index (χ1v) is 5.95. The highest BCUT2D eigenvalue weighted by atomic mass is 32.2. The predicted octanol–water partition coefficient (Wildman–Crippen LogP) is 1.18. The second-order valence-corrected chi connectivity index (χ2v) is 4.16. The van der Waals surface area contributed by atoms with Gasteiger partial charge in [0.25, 0.3) is 0 Å². The number of aliphatic carboxylic acids is 1. The lowest BCUT2D eigenvalue weighted by molar-refractivity contribution is -0.137. The molecule has 0 spiro atoms. The second kappa shape index (κ2) is 6.94. The van der Waals surface area contributed by atoms with Crippen LogP contribution in [0.5, 0.6) is 0 Å². The summed E-state index contributed by atoms with van der Waals surface area (Å²) >= 11 is 1.43. The van der Waals surface area contributed by atoms with E-state index in [0.29, 0.717) is 11.5 Å². The van der Waals surface area contributed by atoms with Gasteiger partial charge in [-0.15, -0.1) is 11.8 Å². The third-order valence-electron chi connectivity index (χ3n) is 1.80. The molecule has 0 fully saturated rings. The van der Waals surface area contributed by atoms with E-state index in [-0.39, 0.29) is 0 Å². The molecule has 3 N–H and O–H groups in total. The molecule has 0 heterocycles. The van der Waals surface area contributed by atoms with Crippen molar-refractivity contribution < 1.29 is 9.90 Å². The quantitative estimate of drug-likeness (QED) is 0.607. The molecule has 0 amide bonds. The molecule has 4 heteroatoms. The zero-order valence-corrected chi connectivity index (χ0v) is 9.54. The Hall–Kier alpha value is -1.44. The number of carboxylic acids is 1. The third-order valence-corrected chi connectivity index (χ3v) is 2.74. The van der Waals surface area contributed by atoms with Gasteiger partial charge in [-0.25, -0.2) is 0 Å². The summed E-state index contributed by atoms with van der Waals surface area (Å²) in [6.45, 7) is 0. The van der Waals surface area contributed by atoms with Crippen molar-refractivity contribution in [1.82, 2.24) is 0 Å². The smallest absolute Gasteiger partial charge is 0.321 e. The maximum absolute atomic E-state index is 10.4. The number of carbonyl (C=O) groups is 1. The summed E-state index contributed by atoms with van der Waals surface area (Å²) in [7, 11) is 0. The normalized spacial score (nSPS) is 11.3. The summed E-state index contributed by atoms with van der Waals surface area (Å²) in [5.41, 5.74) is 6.30. The number of hydrogen-bond donors (Lipinski definition) is 2. The van der Waals surface area contributed by atoms with Gasteiger partial charge in [0.05, 0.1) is 5.75 Å². The topological polar surface area (TPSA) is 63.3 Å². The van der Waals surface area contributed by atoms with Gasteiger partial charge in [-0.2, -0.15) is 0 Å². The maximum atomic E-state index is 10.4. The molecule has 0 aromatic heterocycles. The van der Waals surface area contributed by atoms with Gasteiger partial charge in [-0.1, -0.05) is 30.0 Å². The second-order valence-electron chi connectivity index (χ2n) is 3.13. The summed E-state index contributed by atoms with van der Waals surface area (Å²) in [6.07, 6.45) is 0. The van der Waals surface area contributed by atoms with Gasteiger partial charge in [0.1, 0.15) is 6.04 Å². The summed E-state index contributed by atoms with van der Waals surface area (Å²) in [5, 5.41) is 8.54. The van der Waals surface area contributed by atoms with E-state index in [1.165, 1.54) is 11.8 Å². The number of carboxylic acid groups (broad SMARTS) is 1. The number of thioether (sulfide) groups is 1. The Bertz CT molecular complexity index is 394. The fourth-order valence-electron chi connectivity index (χ4n) is 0.968. The van der Waals surface area contributed by atoms with E-state index in [1.54, 1.807) is 0 Å². The molecule has 0 aliphatic heterocycles. The van der Waals surface area contributed by atoms with Crippen LogP contribution in [-0.2, 0) is 4.79 Å². The van der Waals surface area contributed by atoms with Crippen LogP contribution in [-0.4, -0.2) is 28.6 Å². The number of hydrogen-bond acceptors (Lipinski definition) is 3. The molecule has 1 rings (SSSR count). The van der Waals surface area contributed by atoms with E-state index in [4.69, 9.17) is 10.8 Å². The summed E-state index contributed by atoms with van der Waals surface area (Å²) in [5.74, 6) is 5.96. The van der Waals surface area contributed by atoms with Crippen LogP contribution in [0.2, 0.25) is 0 Å². The molecular weight excluding hydrogens is 222 g/mol. The third kappa shape index (κ3) is 4.87. The molecule has 0 radical (unpaired) electrons. The number of benzene rings is 1. The van der Waals surface area contributed by atoms with Gasteiger partial charge in [-0.05, 0) is 12.1 Å². The van der Waals surface area contributed by atoms with Gasteiger partial charge in [0.15, 0.2) is 0 Å². The Morgan fingerprint density at radius 3 is 2.75 bits per heavy atom. The SMILES string of the molecule is N[C@H](CSCC#Cc1ccccc1)C(=O)O. The lowest BCUT2D eigenvalue weighted by Crippen LogP contribution is -2.32. The average molecular weight is 235 g/mol. The van der Waals surface area contributed by atoms with E-state index in [9.17, 15) is 4.79 Å². The van der Waals surface area contributed by atoms with Crippen molar-refractivity contribution in [2.75, 3.05) is 11.5 Å². The zero-order chi connectivity index (χ0) is 11.8. The number of nitrogens with two attached hydrogens (primary N) is 1. The van der Waals surface area contributed by atoms with Crippen molar-refractivity contribution in [2.45, 2.75) is 6.04 Å². The van der Waals surface area contributed by atoms with E-state index >= 15 is 0 Å². The van der Waals surface area contributed by atoms with E-state index in [2.05, 4.69) is 11.8 Å². The monoisotopic (exact) mass is 235 g/mol. The largest absolute Gasteiger partial charge is 0.480 e. The molecule has 16 heavy (non-hydrogen) atoms. The number of rotatable bonds is 4. The lowest BCUT2D eigenvalue weighted by atomic mass is 10.2. The zero-order valence-electron chi connectivity index (χ0n) is 8.72. The average Bonchev–Trinajstić information content (AvgIpc) is 2.29. The van der Waals surface area contributed by atoms with Crippen LogP contribution in [0.15, 0.2) is 30.3 Å². The first kappa shape index (κ1) is 12.6. The molecule has 0 aliphatic carbocycles. The van der Waals surface area contributed by atoms with E-state index in [1.807, 2.05) is 30.3 Å². The molecule has 1 aromatic carbocycles. The fraction of sp³-hybridized carbons (Fsp3) is 0.250. The Balaban J connectivity index is 2.26. The van der Waals surface area contributed by atoms with Crippen LogP contribution in [0.1, 0.15) is 5.56 Å². The van der Waals surface area contributed by atoms with E-state index in [0.717, 1.165) is 5.56 Å². The van der Waals surface area contributed by atoms with Crippen molar-refractivity contribution in [2.24, 2.45) is 5.73 Å². The van der Waals surface area contributed by atoms with Crippen LogP contribution >= 0.6 is 11.8 Å². The van der Waals surface area contributed by atoms with E-state index < -0.39 is 12.0 Å². The van der Waals surface area contributed by atoms with Crippen LogP contribution < -0.4 is 5.73 Å². The molecule has 0 unspecified atom stereocenters. The molecule has 0 aliphatic rings. The van der Waals surface area contributed by atoms with Gasteiger partial charge in [0, 0.05) is 11.3 Å². The Morgan fingerprint density at radius 1 is 1.44 bits per heavy atom. The standard InChI is InChI=1S/C12H13NO2S/c13-11(12(14)15)9-16-8-4-7-10-5-2-1-3-6-10/h1-3,5-6,11H,8-9,13H2,(H,14,15)/t11-/m1/s1. The molecule has 3 nitrogen and oxygen atoms in total. The minimum atomic E-state index is -0.969. The van der Waals surface area contributed by atoms with Crippen molar-refractivity contribution >= 4 is 17.7 Å². The van der Waals surface area contributed by atoms with Crippen molar-refractivity contribution in [3.05, 3.63) is 35.9 Å². The lowest BCUT2D eigenvalue weighted by Gasteiger charge is -2.02. The molecule has 0 saturated heterocycles. The molecule has 1 atom stereocenters. The van der Waals surface area contributed by atoms with Gasteiger partial charge < -0.3 is 10.8 Å². The Morgan fingerprint density at radius 2 is 2.12 bits per heavy atom. The summed E-state index contributed by atoms with van der Waals surface area (Å²) in [4.78, 5) is 10.4. The van der Waals surface area contributed by atoms with Crippen molar-refractivity contribution in [1.29, 1.82) is 0 Å². The minimum Gasteiger partial charge on any atom is -0.480 e. The summed E-state index contributed by atoms with van der Waals surface area (Å²) in [6, 6.07) is 8.85. The summed E-state index contributed by atoms with van der Waals surface area (Å²) < 4.78 is 0. The molecule has 0 saturated carbocycles. The molecular formula is C12H13NO2S. The van der Waals surface area contributed by atoms with Gasteiger partial charge in [-0.3, -0.25) is 4.79 Å². The van der Waals surface area contributed by atoms with Gasteiger partial charge >= 0.3 is 5.97 Å². The van der Waals surface area contributed by atoms with Crippen molar-refractivity contribution in [3.8, 4) is 11.8 Å². The van der Waals surface area contributed by atoms with Crippen LogP contribution in [0, 0.1) is 11.8 Å². The molecule has 0 bridgehead atoms. The van der Waals surface area contributed by atoms with Crippen molar-refractivity contribution in [3.63, 3.8) is 0 Å². The van der Waals surface area contributed by atoms with Crippen LogP contribution in [0.25, 0.3) is 0 Å². The predicted molar refractivity (Wildman–Crippen MR) is 66.3 cm³/mol. The Labute approximate surface area is 99.0 Å². The highest BCUT2D eigenvalue weighted by molar-refractivity contribution is 7.99. The molecule has 84 valence electrons. The van der Waals surface area contributed by atoms with Crippen LogP contribution in [0.4, 0.5) is 0 Å². The Kier molecular flexibility index (Phi) is 5.48. The molecule has 1 aromatic rings. The first-order chi connectivity index (χ1) is 7.70. The maximum Gasteiger partial charge on any atom is 0.321 e. The van der Waals surface area contributed by atoms with Crippen LogP contribution in [0.3, 0.4) is 0 Å². The highest BCUT2D eigenvalue weighted by Crippen LogP contribution is 2.01. The highest BCUT2D eigenvalue weighted by Gasteiger charge is 2.09. The fourth-order valence-corrected chi connectivity index (χ4v) is 1.66.